The van der Waals surface area contributed by atoms with Gasteiger partial charge in [-0.3, -0.25) is 0 Å². The van der Waals surface area contributed by atoms with Gasteiger partial charge in [0.05, 0.1) is 0 Å². The summed E-state index contributed by atoms with van der Waals surface area (Å²) in [5.74, 6) is 0. The van der Waals surface area contributed by atoms with Crippen LogP contribution in [0.4, 0.5) is 51.2 Å². The summed E-state index contributed by atoms with van der Waals surface area (Å²) in [6, 6.07) is 90.0. The molecule has 0 aliphatic heterocycles. The third kappa shape index (κ3) is 8.32. The first kappa shape index (κ1) is 36.7. The summed E-state index contributed by atoms with van der Waals surface area (Å²) in [6.45, 7) is 0. The number of hydrogen-bond acceptors (Lipinski definition) is 3. The second kappa shape index (κ2) is 17.5. The summed E-state index contributed by atoms with van der Waals surface area (Å²) in [5, 5.41) is 0. The summed E-state index contributed by atoms with van der Waals surface area (Å²) in [5.41, 5.74) is 14.5. The van der Waals surface area contributed by atoms with Crippen LogP contribution in [0.5, 0.6) is 0 Å². The molecule has 0 atom stereocenters. The van der Waals surface area contributed by atoms with Crippen molar-refractivity contribution in [3.63, 3.8) is 0 Å². The van der Waals surface area contributed by atoms with Gasteiger partial charge in [-0.2, -0.15) is 0 Å². The Morgan fingerprint density at radius 3 is 0.678 bits per heavy atom. The van der Waals surface area contributed by atoms with Crippen LogP contribution in [-0.2, 0) is 0 Å². The van der Waals surface area contributed by atoms with E-state index in [0.29, 0.717) is 0 Å². The highest BCUT2D eigenvalue weighted by Crippen LogP contribution is 2.41. The molecule has 0 spiro atoms. The van der Waals surface area contributed by atoms with Gasteiger partial charge < -0.3 is 14.7 Å². The first-order valence-corrected chi connectivity index (χ1v) is 20.0. The topological polar surface area (TPSA) is 9.72 Å². The highest BCUT2D eigenvalue weighted by Gasteiger charge is 2.18. The number of hydrogen-bond donors (Lipinski definition) is 0. The summed E-state index contributed by atoms with van der Waals surface area (Å²) in [7, 11) is 0. The number of rotatable bonds is 12. The van der Waals surface area contributed by atoms with Crippen molar-refractivity contribution in [2.45, 2.75) is 0 Å². The first-order chi connectivity index (χ1) is 29.3. The lowest BCUT2D eigenvalue weighted by Gasteiger charge is -2.29. The molecule has 3 nitrogen and oxygen atoms in total. The Balaban J connectivity index is 1.12. The molecule has 0 bridgehead atoms. The van der Waals surface area contributed by atoms with E-state index >= 15 is 0 Å². The van der Waals surface area contributed by atoms with Crippen molar-refractivity contribution in [3.8, 4) is 0 Å². The fourth-order valence-electron chi connectivity index (χ4n) is 7.61. The quantitative estimate of drug-likeness (QED) is 0.115. The molecule has 59 heavy (non-hydrogen) atoms. The Morgan fingerprint density at radius 2 is 0.424 bits per heavy atom. The standard InChI is InChI=1S/C56H43N3/c1-7-19-45(20-8-1)56(46-21-9-2-10-22-46)43-44-31-33-51(34-32-44)59(54-39-35-52(36-40-54)57(47-23-11-3-12-24-47)48-25-13-4-14-26-48)55-41-37-53(38-42-55)58(49-27-15-5-16-28-49)50-29-17-6-18-30-50/h1-43H. The fourth-order valence-corrected chi connectivity index (χ4v) is 7.61. The van der Waals surface area contributed by atoms with Crippen molar-refractivity contribution in [2.75, 3.05) is 14.7 Å². The van der Waals surface area contributed by atoms with Crippen LogP contribution >= 0.6 is 0 Å². The molecule has 0 saturated carbocycles. The molecule has 0 fully saturated rings. The van der Waals surface area contributed by atoms with Crippen molar-refractivity contribution >= 4 is 62.8 Å². The van der Waals surface area contributed by atoms with Crippen LogP contribution in [0.25, 0.3) is 11.6 Å². The summed E-state index contributed by atoms with van der Waals surface area (Å²) < 4.78 is 0. The smallest absolute Gasteiger partial charge is 0.0463 e. The van der Waals surface area contributed by atoms with Gasteiger partial charge in [0.25, 0.3) is 0 Å². The lowest BCUT2D eigenvalue weighted by molar-refractivity contribution is 1.24. The van der Waals surface area contributed by atoms with E-state index in [1.54, 1.807) is 0 Å². The fraction of sp³-hybridized carbons (Fsp3) is 0. The number of benzene rings is 9. The van der Waals surface area contributed by atoms with Crippen LogP contribution in [0.15, 0.2) is 255 Å². The molecule has 9 aromatic carbocycles. The Kier molecular flexibility index (Phi) is 10.9. The molecule has 0 aliphatic rings. The zero-order valence-corrected chi connectivity index (χ0v) is 32.7. The third-order valence-corrected chi connectivity index (χ3v) is 10.4. The third-order valence-electron chi connectivity index (χ3n) is 10.4. The molecule has 282 valence electrons. The van der Waals surface area contributed by atoms with Crippen LogP contribution < -0.4 is 14.7 Å². The molecule has 9 rings (SSSR count). The zero-order valence-electron chi connectivity index (χ0n) is 32.7. The van der Waals surface area contributed by atoms with Crippen LogP contribution in [0.2, 0.25) is 0 Å². The molecule has 0 unspecified atom stereocenters. The number of nitrogens with zero attached hydrogens (tertiary/aromatic N) is 3. The van der Waals surface area contributed by atoms with Gasteiger partial charge in [-0.05, 0) is 138 Å². The van der Waals surface area contributed by atoms with Gasteiger partial charge in [0.2, 0.25) is 0 Å². The highest BCUT2D eigenvalue weighted by atomic mass is 15.2. The maximum Gasteiger partial charge on any atom is 0.0463 e. The van der Waals surface area contributed by atoms with Gasteiger partial charge in [0, 0.05) is 51.2 Å². The summed E-state index contributed by atoms with van der Waals surface area (Å²) in [4.78, 5) is 6.92. The van der Waals surface area contributed by atoms with Gasteiger partial charge in [-0.15, -0.1) is 0 Å². The highest BCUT2D eigenvalue weighted by molar-refractivity contribution is 5.92. The number of para-hydroxylation sites is 4. The monoisotopic (exact) mass is 757 g/mol. The van der Waals surface area contributed by atoms with Crippen molar-refractivity contribution in [1.29, 1.82) is 0 Å². The Bertz CT molecular complexity index is 2450. The Hall–Kier alpha value is -7.88. The molecule has 9 aromatic rings. The molecule has 0 heterocycles. The minimum atomic E-state index is 1.06. The van der Waals surface area contributed by atoms with Gasteiger partial charge in [0.1, 0.15) is 0 Å². The van der Waals surface area contributed by atoms with Crippen molar-refractivity contribution in [3.05, 3.63) is 271 Å². The van der Waals surface area contributed by atoms with Gasteiger partial charge in [-0.25, -0.2) is 0 Å². The second-order valence-corrected chi connectivity index (χ2v) is 14.3. The van der Waals surface area contributed by atoms with Gasteiger partial charge >= 0.3 is 0 Å². The number of anilines is 9. The largest absolute Gasteiger partial charge is 0.311 e. The summed E-state index contributed by atoms with van der Waals surface area (Å²) in [6.07, 6.45) is 2.28. The molecule has 3 heteroatoms. The van der Waals surface area contributed by atoms with Gasteiger partial charge in [-0.1, -0.05) is 146 Å². The van der Waals surface area contributed by atoms with E-state index in [9.17, 15) is 0 Å². The predicted molar refractivity (Wildman–Crippen MR) is 250 cm³/mol. The molecule has 0 N–H and O–H groups in total. The molecule has 0 aliphatic carbocycles. The first-order valence-electron chi connectivity index (χ1n) is 20.0. The molecule has 0 aromatic heterocycles. The lowest BCUT2D eigenvalue weighted by Crippen LogP contribution is -2.13. The maximum absolute atomic E-state index is 2.33. The van der Waals surface area contributed by atoms with Crippen LogP contribution in [-0.4, -0.2) is 0 Å². The SMILES string of the molecule is C(=C(c1ccccc1)c1ccccc1)c1ccc(N(c2ccc(N(c3ccccc3)c3ccccc3)cc2)c2ccc(N(c3ccccc3)c3ccccc3)cc2)cc1. The van der Waals surface area contributed by atoms with E-state index in [1.807, 2.05) is 0 Å². The molecule has 0 saturated heterocycles. The van der Waals surface area contributed by atoms with Crippen LogP contribution in [0, 0.1) is 0 Å². The van der Waals surface area contributed by atoms with Crippen molar-refractivity contribution < 1.29 is 0 Å². The van der Waals surface area contributed by atoms with E-state index in [-0.39, 0.29) is 0 Å². The normalized spacial score (nSPS) is 10.7. The minimum absolute atomic E-state index is 1.06. The second-order valence-electron chi connectivity index (χ2n) is 14.3. The molecular weight excluding hydrogens is 715 g/mol. The van der Waals surface area contributed by atoms with Gasteiger partial charge in [0.15, 0.2) is 0 Å². The molecule has 0 radical (unpaired) electrons. The average molecular weight is 758 g/mol. The van der Waals surface area contributed by atoms with Crippen LogP contribution in [0.1, 0.15) is 16.7 Å². The lowest BCUT2D eigenvalue weighted by atomic mass is 9.95. The summed E-state index contributed by atoms with van der Waals surface area (Å²) >= 11 is 0. The maximum atomic E-state index is 2.33. The van der Waals surface area contributed by atoms with Crippen molar-refractivity contribution in [2.24, 2.45) is 0 Å². The minimum Gasteiger partial charge on any atom is -0.311 e. The van der Waals surface area contributed by atoms with E-state index in [1.165, 1.54) is 16.7 Å². The van der Waals surface area contributed by atoms with Crippen LogP contribution in [0.3, 0.4) is 0 Å². The molecular formula is C56H43N3. The van der Waals surface area contributed by atoms with E-state index in [0.717, 1.165) is 56.7 Å². The van der Waals surface area contributed by atoms with Crippen molar-refractivity contribution in [1.82, 2.24) is 0 Å². The van der Waals surface area contributed by atoms with E-state index in [4.69, 9.17) is 0 Å². The molecule has 0 amide bonds. The van der Waals surface area contributed by atoms with E-state index < -0.39 is 0 Å². The average Bonchev–Trinajstić information content (AvgIpc) is 3.32. The Morgan fingerprint density at radius 1 is 0.220 bits per heavy atom. The Labute approximate surface area is 347 Å². The predicted octanol–water partition coefficient (Wildman–Crippen LogP) is 15.7. The van der Waals surface area contributed by atoms with E-state index in [2.05, 4.69) is 276 Å². The zero-order chi connectivity index (χ0) is 39.6.